The van der Waals surface area contributed by atoms with Crippen molar-refractivity contribution < 1.29 is 8.42 Å². The Labute approximate surface area is 155 Å². The molecule has 0 saturated carbocycles. The van der Waals surface area contributed by atoms with Crippen LogP contribution in [0.2, 0.25) is 0 Å². The highest BCUT2D eigenvalue weighted by Gasteiger charge is 2.28. The molecule has 0 radical (unpaired) electrons. The van der Waals surface area contributed by atoms with Crippen molar-refractivity contribution in [1.82, 2.24) is 9.97 Å². The van der Waals surface area contributed by atoms with Gasteiger partial charge >= 0.3 is 0 Å². The van der Waals surface area contributed by atoms with E-state index in [9.17, 15) is 8.42 Å². The van der Waals surface area contributed by atoms with Crippen molar-refractivity contribution in [3.63, 3.8) is 0 Å². The number of unbranched alkanes of at least 4 members (excludes halogenated alkanes) is 2. The zero-order valence-corrected chi connectivity index (χ0v) is 15.9. The van der Waals surface area contributed by atoms with Gasteiger partial charge in [-0.1, -0.05) is 50.1 Å². The smallest absolute Gasteiger partial charge is 0.225 e. The van der Waals surface area contributed by atoms with Crippen molar-refractivity contribution in [3.8, 4) is 11.3 Å². The van der Waals surface area contributed by atoms with Crippen molar-refractivity contribution in [1.29, 1.82) is 0 Å². The second kappa shape index (κ2) is 8.49. The Bertz CT molecular complexity index is 825. The van der Waals surface area contributed by atoms with E-state index in [1.54, 1.807) is 0 Å². The van der Waals surface area contributed by atoms with Gasteiger partial charge in [0.15, 0.2) is 9.84 Å². The monoisotopic (exact) mass is 374 g/mol. The van der Waals surface area contributed by atoms with Gasteiger partial charge in [-0.3, -0.25) is 0 Å². The fraction of sp³-hybridized carbons (Fsp3) is 0.474. The van der Waals surface area contributed by atoms with Crippen molar-refractivity contribution >= 4 is 21.6 Å². The van der Waals surface area contributed by atoms with E-state index in [4.69, 9.17) is 0 Å². The second-order valence-corrected chi connectivity index (χ2v) is 8.93. The first-order valence-electron chi connectivity index (χ1n) is 9.21. The predicted octanol–water partition coefficient (Wildman–Crippen LogP) is 3.34. The SMILES string of the molecule is CCCCCNc1nc(NC2CCS(=O)(=O)C2)cc(-c2ccccc2)n1. The van der Waals surface area contributed by atoms with Crippen LogP contribution in [0.4, 0.5) is 11.8 Å². The van der Waals surface area contributed by atoms with Gasteiger partial charge in [-0.05, 0) is 12.8 Å². The first-order valence-corrected chi connectivity index (χ1v) is 11.0. The van der Waals surface area contributed by atoms with Gasteiger partial charge in [0, 0.05) is 24.2 Å². The molecule has 0 bridgehead atoms. The molecule has 2 aromatic rings. The van der Waals surface area contributed by atoms with Crippen LogP contribution in [0.1, 0.15) is 32.6 Å². The van der Waals surface area contributed by atoms with Gasteiger partial charge in [-0.15, -0.1) is 0 Å². The van der Waals surface area contributed by atoms with E-state index in [2.05, 4.69) is 27.5 Å². The normalized spacial score (nSPS) is 18.6. The summed E-state index contributed by atoms with van der Waals surface area (Å²) in [4.78, 5) is 9.16. The minimum Gasteiger partial charge on any atom is -0.366 e. The summed E-state index contributed by atoms with van der Waals surface area (Å²) in [6, 6.07) is 11.7. The predicted molar refractivity (Wildman–Crippen MR) is 106 cm³/mol. The third kappa shape index (κ3) is 5.17. The van der Waals surface area contributed by atoms with Gasteiger partial charge in [0.1, 0.15) is 5.82 Å². The Morgan fingerprint density at radius 1 is 1.15 bits per heavy atom. The highest BCUT2D eigenvalue weighted by Crippen LogP contribution is 2.23. The van der Waals surface area contributed by atoms with Crippen LogP contribution in [0, 0.1) is 0 Å². The topological polar surface area (TPSA) is 84.0 Å². The van der Waals surface area contributed by atoms with Gasteiger partial charge in [-0.25, -0.2) is 13.4 Å². The molecule has 2 heterocycles. The summed E-state index contributed by atoms with van der Waals surface area (Å²) in [6.07, 6.45) is 4.01. The molecule has 1 aromatic carbocycles. The van der Waals surface area contributed by atoms with E-state index in [1.165, 1.54) is 0 Å². The molecule has 1 atom stereocenters. The summed E-state index contributed by atoms with van der Waals surface area (Å²) < 4.78 is 23.4. The molecule has 140 valence electrons. The lowest BCUT2D eigenvalue weighted by Crippen LogP contribution is -2.21. The lowest BCUT2D eigenvalue weighted by molar-refractivity contribution is 0.602. The fourth-order valence-corrected chi connectivity index (χ4v) is 4.72. The largest absolute Gasteiger partial charge is 0.366 e. The van der Waals surface area contributed by atoms with Crippen molar-refractivity contribution in [3.05, 3.63) is 36.4 Å². The quantitative estimate of drug-likeness (QED) is 0.690. The third-order valence-electron chi connectivity index (χ3n) is 4.44. The average Bonchev–Trinajstić information content (AvgIpc) is 2.98. The van der Waals surface area contributed by atoms with Crippen molar-refractivity contribution in [2.75, 3.05) is 28.7 Å². The standard InChI is InChI=1S/C19H26N4O2S/c1-2-3-7-11-20-19-22-17(15-8-5-4-6-9-15)13-18(23-19)21-16-10-12-26(24,25)14-16/h4-6,8-9,13,16H,2-3,7,10-12,14H2,1H3,(H2,20,21,22,23). The Morgan fingerprint density at radius 3 is 2.65 bits per heavy atom. The van der Waals surface area contributed by atoms with Crippen LogP contribution in [0.5, 0.6) is 0 Å². The highest BCUT2D eigenvalue weighted by atomic mass is 32.2. The summed E-state index contributed by atoms with van der Waals surface area (Å²) in [7, 11) is -2.93. The van der Waals surface area contributed by atoms with Crippen LogP contribution in [0.15, 0.2) is 36.4 Å². The number of rotatable bonds is 8. The average molecular weight is 375 g/mol. The van der Waals surface area contributed by atoms with E-state index in [-0.39, 0.29) is 17.5 Å². The molecule has 2 N–H and O–H groups in total. The second-order valence-electron chi connectivity index (χ2n) is 6.71. The maximum Gasteiger partial charge on any atom is 0.225 e. The number of aromatic nitrogens is 2. The van der Waals surface area contributed by atoms with Crippen LogP contribution >= 0.6 is 0 Å². The number of benzene rings is 1. The highest BCUT2D eigenvalue weighted by molar-refractivity contribution is 7.91. The van der Waals surface area contributed by atoms with Gasteiger partial charge in [0.25, 0.3) is 0 Å². The van der Waals surface area contributed by atoms with Gasteiger partial charge in [0.2, 0.25) is 5.95 Å². The number of anilines is 2. The minimum atomic E-state index is -2.93. The Kier molecular flexibility index (Phi) is 6.08. The molecular formula is C19H26N4O2S. The molecule has 1 fully saturated rings. The number of nitrogens with one attached hydrogen (secondary N) is 2. The molecule has 0 aliphatic carbocycles. The van der Waals surface area contributed by atoms with Crippen LogP contribution in [-0.4, -0.2) is 42.5 Å². The Morgan fingerprint density at radius 2 is 1.96 bits per heavy atom. The number of nitrogens with zero attached hydrogens (tertiary/aromatic N) is 2. The van der Waals surface area contributed by atoms with E-state index < -0.39 is 9.84 Å². The first kappa shape index (κ1) is 18.6. The van der Waals surface area contributed by atoms with Gasteiger partial charge in [0.05, 0.1) is 17.2 Å². The van der Waals surface area contributed by atoms with Crippen LogP contribution in [0.3, 0.4) is 0 Å². The minimum absolute atomic E-state index is 0.0912. The molecule has 3 rings (SSSR count). The summed E-state index contributed by atoms with van der Waals surface area (Å²) in [5.74, 6) is 1.64. The van der Waals surface area contributed by atoms with E-state index in [0.29, 0.717) is 18.2 Å². The van der Waals surface area contributed by atoms with Gasteiger partial charge < -0.3 is 10.6 Å². The Balaban J connectivity index is 1.80. The summed E-state index contributed by atoms with van der Waals surface area (Å²) in [5.41, 5.74) is 1.83. The molecule has 1 aliphatic rings. The zero-order chi connectivity index (χ0) is 18.4. The summed E-state index contributed by atoms with van der Waals surface area (Å²) >= 11 is 0. The number of sulfone groups is 1. The molecule has 6 nitrogen and oxygen atoms in total. The molecule has 1 aliphatic heterocycles. The van der Waals surface area contributed by atoms with Gasteiger partial charge in [-0.2, -0.15) is 4.98 Å². The maximum atomic E-state index is 11.7. The molecule has 1 aromatic heterocycles. The number of hydrogen-bond acceptors (Lipinski definition) is 6. The van der Waals surface area contributed by atoms with E-state index in [1.807, 2.05) is 36.4 Å². The third-order valence-corrected chi connectivity index (χ3v) is 6.21. The molecule has 26 heavy (non-hydrogen) atoms. The molecular weight excluding hydrogens is 348 g/mol. The fourth-order valence-electron chi connectivity index (χ4n) is 3.05. The van der Waals surface area contributed by atoms with Crippen molar-refractivity contribution in [2.24, 2.45) is 0 Å². The summed E-state index contributed by atoms with van der Waals surface area (Å²) in [5, 5.41) is 6.57. The van der Waals surface area contributed by atoms with E-state index >= 15 is 0 Å². The van der Waals surface area contributed by atoms with E-state index in [0.717, 1.165) is 37.1 Å². The lowest BCUT2D eigenvalue weighted by atomic mass is 10.1. The number of hydrogen-bond donors (Lipinski definition) is 2. The van der Waals surface area contributed by atoms with Crippen LogP contribution < -0.4 is 10.6 Å². The van der Waals surface area contributed by atoms with Crippen LogP contribution in [0.25, 0.3) is 11.3 Å². The lowest BCUT2D eigenvalue weighted by Gasteiger charge is -2.14. The molecule has 0 spiro atoms. The molecule has 0 amide bonds. The molecule has 1 unspecified atom stereocenters. The molecule has 1 saturated heterocycles. The first-order chi connectivity index (χ1) is 12.6. The Hall–Kier alpha value is -2.15. The summed E-state index contributed by atoms with van der Waals surface area (Å²) in [6.45, 7) is 2.99. The van der Waals surface area contributed by atoms with Crippen LogP contribution in [-0.2, 0) is 9.84 Å². The molecule has 7 heteroatoms. The van der Waals surface area contributed by atoms with Crippen molar-refractivity contribution in [2.45, 2.75) is 38.6 Å². The maximum absolute atomic E-state index is 11.7. The zero-order valence-electron chi connectivity index (χ0n) is 15.1.